The Balaban J connectivity index is 0.00000102. The van der Waals surface area contributed by atoms with Crippen LogP contribution < -0.4 is 4.74 Å². The van der Waals surface area contributed by atoms with Crippen LogP contribution in [0.25, 0.3) is 11.1 Å². The highest BCUT2D eigenvalue weighted by atomic mass is 16.5. The third-order valence-corrected chi connectivity index (χ3v) is 2.77. The average molecular weight is 306 g/mol. The summed E-state index contributed by atoms with van der Waals surface area (Å²) in [5, 5.41) is 0. The molecule has 0 atom stereocenters. The summed E-state index contributed by atoms with van der Waals surface area (Å²) >= 11 is 0. The van der Waals surface area contributed by atoms with E-state index in [1.807, 2.05) is 52.8 Å². The van der Waals surface area contributed by atoms with Gasteiger partial charge in [-0.25, -0.2) is 4.79 Å². The highest BCUT2D eigenvalue weighted by Crippen LogP contribution is 2.29. The Morgan fingerprint density at radius 2 is 1.68 bits per heavy atom. The van der Waals surface area contributed by atoms with Crippen molar-refractivity contribution in [3.05, 3.63) is 41.9 Å². The second-order valence-corrected chi connectivity index (χ2v) is 3.88. The summed E-state index contributed by atoms with van der Waals surface area (Å²) in [6.45, 7) is 9.94. The van der Waals surface area contributed by atoms with E-state index < -0.39 is 5.97 Å². The third kappa shape index (κ3) is 4.65. The maximum atomic E-state index is 11.6. The maximum Gasteiger partial charge on any atom is 0.341 e. The summed E-state index contributed by atoms with van der Waals surface area (Å²) in [6.07, 6.45) is 2.92. The number of hydrogen-bond acceptors (Lipinski definition) is 4. The Morgan fingerprint density at radius 3 is 2.18 bits per heavy atom. The van der Waals surface area contributed by atoms with Crippen molar-refractivity contribution in [1.29, 1.82) is 0 Å². The Kier molecular flexibility index (Phi) is 9.43. The molecule has 0 fully saturated rings. The number of methoxy groups -OCH3 is 2. The fourth-order valence-corrected chi connectivity index (χ4v) is 1.83. The van der Waals surface area contributed by atoms with E-state index in [9.17, 15) is 4.79 Å². The Labute approximate surface area is 133 Å². The third-order valence-electron chi connectivity index (χ3n) is 2.77. The molecule has 0 bridgehead atoms. The van der Waals surface area contributed by atoms with Gasteiger partial charge < -0.3 is 13.9 Å². The molecule has 0 spiro atoms. The maximum absolute atomic E-state index is 11.6. The number of rotatable bonds is 3. The quantitative estimate of drug-likeness (QED) is 0.740. The lowest BCUT2D eigenvalue weighted by Gasteiger charge is -2.07. The second kappa shape index (κ2) is 10.5. The Hall–Kier alpha value is -2.23. The molecule has 1 heterocycles. The van der Waals surface area contributed by atoms with Gasteiger partial charge in [0.1, 0.15) is 17.6 Å². The van der Waals surface area contributed by atoms with Gasteiger partial charge in [0.25, 0.3) is 0 Å². The highest BCUT2D eigenvalue weighted by molar-refractivity contribution is 5.96. The van der Waals surface area contributed by atoms with Crippen LogP contribution in [0.3, 0.4) is 0 Å². The van der Waals surface area contributed by atoms with Gasteiger partial charge in [-0.1, -0.05) is 33.8 Å². The van der Waals surface area contributed by atoms with E-state index in [2.05, 4.69) is 0 Å². The van der Waals surface area contributed by atoms with Crippen LogP contribution in [0.1, 0.15) is 43.6 Å². The number of esters is 1. The molecule has 0 saturated heterocycles. The first kappa shape index (κ1) is 19.8. The fourth-order valence-electron chi connectivity index (χ4n) is 1.83. The molecule has 4 heteroatoms. The van der Waals surface area contributed by atoms with Crippen LogP contribution in [0.15, 0.2) is 35.1 Å². The van der Waals surface area contributed by atoms with Crippen molar-refractivity contribution in [1.82, 2.24) is 0 Å². The van der Waals surface area contributed by atoms with Gasteiger partial charge in [-0.05, 0) is 30.2 Å². The molecule has 2 aromatic rings. The second-order valence-electron chi connectivity index (χ2n) is 3.88. The Bertz CT molecular complexity index is 570. The van der Waals surface area contributed by atoms with Gasteiger partial charge in [0.05, 0.1) is 20.5 Å². The molecule has 4 nitrogen and oxygen atoms in total. The van der Waals surface area contributed by atoms with Crippen molar-refractivity contribution >= 4 is 5.97 Å². The summed E-state index contributed by atoms with van der Waals surface area (Å²) in [5.41, 5.74) is 3.02. The van der Waals surface area contributed by atoms with Crippen molar-refractivity contribution in [3.63, 3.8) is 0 Å². The molecule has 1 aromatic carbocycles. The first-order chi connectivity index (χ1) is 10.7. The number of carbonyl (C=O) groups excluding carboxylic acids is 1. The smallest absolute Gasteiger partial charge is 0.341 e. The minimum absolute atomic E-state index is 0.410. The van der Waals surface area contributed by atoms with Crippen LogP contribution in [0.4, 0.5) is 0 Å². The van der Waals surface area contributed by atoms with E-state index in [4.69, 9.17) is 13.9 Å². The highest BCUT2D eigenvalue weighted by Gasteiger charge is 2.16. The van der Waals surface area contributed by atoms with Gasteiger partial charge in [-0.2, -0.15) is 0 Å². The molecule has 0 aliphatic carbocycles. The van der Waals surface area contributed by atoms with E-state index in [-0.39, 0.29) is 0 Å². The lowest BCUT2D eigenvalue weighted by molar-refractivity contribution is 0.0600. The van der Waals surface area contributed by atoms with E-state index in [0.717, 1.165) is 16.9 Å². The molecule has 0 unspecified atom stereocenters. The van der Waals surface area contributed by atoms with Gasteiger partial charge in [-0.3, -0.25) is 0 Å². The molecular weight excluding hydrogens is 280 g/mol. The van der Waals surface area contributed by atoms with Crippen LogP contribution in [0.5, 0.6) is 5.75 Å². The lowest BCUT2D eigenvalue weighted by atomic mass is 10.0. The molecule has 0 N–H and O–H groups in total. The molecule has 2 rings (SSSR count). The standard InChI is InChI=1S/C14H14O4.2C2H6/c1-9-6-10(4-5-13(9)16-2)11-7-18-8-12(11)14(15)17-3;2*1-2/h4-8H,1-3H3;2*1-2H3. The van der Waals surface area contributed by atoms with Crippen molar-refractivity contribution in [2.75, 3.05) is 14.2 Å². The van der Waals surface area contributed by atoms with E-state index in [0.29, 0.717) is 11.1 Å². The summed E-state index contributed by atoms with van der Waals surface area (Å²) in [6, 6.07) is 5.68. The molecule has 0 amide bonds. The zero-order chi connectivity index (χ0) is 17.1. The lowest BCUT2D eigenvalue weighted by Crippen LogP contribution is -2.01. The summed E-state index contributed by atoms with van der Waals surface area (Å²) in [4.78, 5) is 11.6. The van der Waals surface area contributed by atoms with Crippen LogP contribution in [-0.4, -0.2) is 20.2 Å². The zero-order valence-corrected chi connectivity index (χ0v) is 14.5. The van der Waals surface area contributed by atoms with Crippen LogP contribution >= 0.6 is 0 Å². The van der Waals surface area contributed by atoms with E-state index in [1.165, 1.54) is 19.6 Å². The monoisotopic (exact) mass is 306 g/mol. The van der Waals surface area contributed by atoms with Gasteiger partial charge >= 0.3 is 5.97 Å². The average Bonchev–Trinajstić information content (AvgIpc) is 3.07. The SMILES string of the molecule is CC.CC.COC(=O)c1cocc1-c1ccc(OC)c(C)c1. The number of hydrogen-bond donors (Lipinski definition) is 0. The van der Waals surface area contributed by atoms with Gasteiger partial charge in [0.15, 0.2) is 0 Å². The number of carbonyl (C=O) groups is 1. The summed E-state index contributed by atoms with van der Waals surface area (Å²) in [7, 11) is 2.97. The molecule has 0 aliphatic heterocycles. The van der Waals surface area contributed by atoms with Gasteiger partial charge in [0, 0.05) is 5.56 Å². The Morgan fingerprint density at radius 1 is 1.05 bits per heavy atom. The molecule has 0 aliphatic rings. The summed E-state index contributed by atoms with van der Waals surface area (Å²) < 4.78 is 15.0. The molecular formula is C18H26O4. The van der Waals surface area contributed by atoms with Crippen molar-refractivity contribution in [2.24, 2.45) is 0 Å². The predicted octanol–water partition coefficient (Wildman–Crippen LogP) is 5.10. The van der Waals surface area contributed by atoms with Gasteiger partial charge in [0.2, 0.25) is 0 Å². The predicted molar refractivity (Wildman–Crippen MR) is 89.5 cm³/mol. The first-order valence-corrected chi connectivity index (χ1v) is 7.47. The van der Waals surface area contributed by atoms with Crippen LogP contribution in [0.2, 0.25) is 0 Å². The molecule has 1 aromatic heterocycles. The number of aryl methyl sites for hydroxylation is 1. The minimum atomic E-state index is -0.410. The van der Waals surface area contributed by atoms with Gasteiger partial charge in [-0.15, -0.1) is 0 Å². The van der Waals surface area contributed by atoms with E-state index >= 15 is 0 Å². The molecule has 122 valence electrons. The van der Waals surface area contributed by atoms with Crippen molar-refractivity contribution in [2.45, 2.75) is 34.6 Å². The van der Waals surface area contributed by atoms with Crippen molar-refractivity contribution in [3.8, 4) is 16.9 Å². The number of furan rings is 1. The first-order valence-electron chi connectivity index (χ1n) is 7.47. The molecule has 0 radical (unpaired) electrons. The van der Waals surface area contributed by atoms with Crippen LogP contribution in [0, 0.1) is 6.92 Å². The largest absolute Gasteiger partial charge is 0.496 e. The topological polar surface area (TPSA) is 48.7 Å². The normalized spacial score (nSPS) is 8.86. The molecule has 22 heavy (non-hydrogen) atoms. The number of ether oxygens (including phenoxy) is 2. The number of benzene rings is 1. The summed E-state index contributed by atoms with van der Waals surface area (Å²) in [5.74, 6) is 0.397. The fraction of sp³-hybridized carbons (Fsp3) is 0.389. The van der Waals surface area contributed by atoms with Crippen LogP contribution in [-0.2, 0) is 4.74 Å². The molecule has 0 saturated carbocycles. The minimum Gasteiger partial charge on any atom is -0.496 e. The van der Waals surface area contributed by atoms with E-state index in [1.54, 1.807) is 7.11 Å². The zero-order valence-electron chi connectivity index (χ0n) is 14.5. The van der Waals surface area contributed by atoms with Crippen molar-refractivity contribution < 1.29 is 18.7 Å².